The zero-order chi connectivity index (χ0) is 20.1. The highest BCUT2D eigenvalue weighted by molar-refractivity contribution is 8.00. The van der Waals surface area contributed by atoms with E-state index in [4.69, 9.17) is 4.98 Å². The number of thioether (sulfide) groups is 1. The second-order valence-electron chi connectivity index (χ2n) is 7.19. The van der Waals surface area contributed by atoms with E-state index in [1.54, 1.807) is 6.20 Å². The lowest BCUT2D eigenvalue weighted by Gasteiger charge is -2.15. The van der Waals surface area contributed by atoms with Gasteiger partial charge in [-0.3, -0.25) is 9.78 Å². The summed E-state index contributed by atoms with van der Waals surface area (Å²) in [5.41, 5.74) is 4.43. The Morgan fingerprint density at radius 3 is 2.86 bits per heavy atom. The summed E-state index contributed by atoms with van der Waals surface area (Å²) in [6.07, 6.45) is 8.41. The predicted octanol–water partition coefficient (Wildman–Crippen LogP) is 4.89. The highest BCUT2D eigenvalue weighted by Gasteiger charge is 2.15. The summed E-state index contributed by atoms with van der Waals surface area (Å²) in [6, 6.07) is 13.7. The van der Waals surface area contributed by atoms with Gasteiger partial charge in [0, 0.05) is 17.3 Å². The van der Waals surface area contributed by atoms with Crippen molar-refractivity contribution >= 4 is 34.3 Å². The molecule has 3 aromatic rings. The average Bonchev–Trinajstić information content (AvgIpc) is 2.73. The van der Waals surface area contributed by atoms with Gasteiger partial charge in [-0.05, 0) is 61.6 Å². The third-order valence-electron chi connectivity index (χ3n) is 5.15. The van der Waals surface area contributed by atoms with Gasteiger partial charge in [-0.2, -0.15) is 5.26 Å². The molecule has 1 aliphatic carbocycles. The molecule has 0 unspecified atom stereocenters. The Morgan fingerprint density at radius 2 is 2.00 bits per heavy atom. The van der Waals surface area contributed by atoms with Gasteiger partial charge in [0.15, 0.2) is 0 Å². The number of carbonyl (C=O) groups is 1. The fourth-order valence-electron chi connectivity index (χ4n) is 3.69. The maximum atomic E-state index is 12.6. The zero-order valence-electron chi connectivity index (χ0n) is 16.1. The number of carbonyl (C=O) groups excluding carboxylic acids is 1. The third kappa shape index (κ3) is 4.57. The summed E-state index contributed by atoms with van der Waals surface area (Å²) in [6.45, 7) is 0. The Kier molecular flexibility index (Phi) is 6.06. The first-order chi connectivity index (χ1) is 14.2. The fourth-order valence-corrected chi connectivity index (χ4v) is 4.47. The van der Waals surface area contributed by atoms with E-state index in [1.807, 2.05) is 36.4 Å². The monoisotopic (exact) mass is 402 g/mol. The number of hydrogen-bond acceptors (Lipinski definition) is 5. The molecule has 146 valence electrons. The van der Waals surface area contributed by atoms with Gasteiger partial charge in [-0.25, -0.2) is 4.98 Å². The Balaban J connectivity index is 1.49. The van der Waals surface area contributed by atoms with Gasteiger partial charge in [0.1, 0.15) is 11.1 Å². The number of fused-ring (bicyclic) bond motifs is 2. The number of aromatic nitrogens is 2. The molecule has 1 aromatic carbocycles. The number of hydrogen-bond donors (Lipinski definition) is 1. The number of nitriles is 1. The molecule has 0 spiro atoms. The maximum absolute atomic E-state index is 12.6. The number of pyridine rings is 2. The summed E-state index contributed by atoms with van der Waals surface area (Å²) < 4.78 is 0. The number of nitrogens with one attached hydrogen (secondary N) is 1. The van der Waals surface area contributed by atoms with Gasteiger partial charge in [0.2, 0.25) is 5.91 Å². The molecule has 29 heavy (non-hydrogen) atoms. The van der Waals surface area contributed by atoms with Crippen LogP contribution in [0.3, 0.4) is 0 Å². The van der Waals surface area contributed by atoms with E-state index in [2.05, 4.69) is 16.4 Å². The lowest BCUT2D eigenvalue weighted by Crippen LogP contribution is -2.15. The topological polar surface area (TPSA) is 78.7 Å². The number of benzene rings is 1. The van der Waals surface area contributed by atoms with E-state index < -0.39 is 0 Å². The van der Waals surface area contributed by atoms with Crippen LogP contribution in [0.1, 0.15) is 42.5 Å². The molecule has 1 N–H and O–H groups in total. The molecule has 0 aliphatic heterocycles. The molecule has 2 heterocycles. The number of nitrogens with zero attached hydrogens (tertiary/aromatic N) is 3. The van der Waals surface area contributed by atoms with Crippen LogP contribution in [0.15, 0.2) is 47.6 Å². The van der Waals surface area contributed by atoms with Crippen molar-refractivity contribution < 1.29 is 4.79 Å². The molecular weight excluding hydrogens is 380 g/mol. The largest absolute Gasteiger partial charge is 0.325 e. The van der Waals surface area contributed by atoms with Crippen molar-refractivity contribution in [3.8, 4) is 6.07 Å². The normalized spacial score (nSPS) is 13.8. The minimum atomic E-state index is -0.121. The van der Waals surface area contributed by atoms with E-state index in [9.17, 15) is 10.1 Å². The van der Waals surface area contributed by atoms with Crippen molar-refractivity contribution in [3.63, 3.8) is 0 Å². The van der Waals surface area contributed by atoms with Crippen LogP contribution in [0.5, 0.6) is 0 Å². The Labute approximate surface area is 174 Å². The molecule has 1 amide bonds. The van der Waals surface area contributed by atoms with Gasteiger partial charge < -0.3 is 5.32 Å². The molecule has 0 radical (unpaired) electrons. The lowest BCUT2D eigenvalue weighted by molar-refractivity contribution is -0.113. The van der Waals surface area contributed by atoms with Crippen LogP contribution in [-0.4, -0.2) is 21.6 Å². The van der Waals surface area contributed by atoms with Gasteiger partial charge in [0.05, 0.1) is 22.5 Å². The van der Waals surface area contributed by atoms with Gasteiger partial charge in [-0.1, -0.05) is 30.7 Å². The molecule has 1 aliphatic rings. The minimum Gasteiger partial charge on any atom is -0.325 e. The van der Waals surface area contributed by atoms with Crippen LogP contribution in [0.4, 0.5) is 5.69 Å². The summed E-state index contributed by atoms with van der Waals surface area (Å²) >= 11 is 1.33. The van der Waals surface area contributed by atoms with E-state index in [1.165, 1.54) is 30.2 Å². The van der Waals surface area contributed by atoms with Crippen LogP contribution in [0.2, 0.25) is 0 Å². The first-order valence-electron chi connectivity index (χ1n) is 9.94. The number of rotatable bonds is 4. The number of aryl methyl sites for hydroxylation is 2. The highest BCUT2D eigenvalue weighted by Crippen LogP contribution is 2.27. The summed E-state index contributed by atoms with van der Waals surface area (Å²) in [5.74, 6) is 0.0840. The first kappa shape index (κ1) is 19.4. The molecule has 2 aromatic heterocycles. The molecule has 4 rings (SSSR count). The van der Waals surface area contributed by atoms with E-state index in [-0.39, 0.29) is 11.7 Å². The van der Waals surface area contributed by atoms with Crippen molar-refractivity contribution in [1.29, 1.82) is 5.26 Å². The molecule has 0 saturated heterocycles. The SMILES string of the molecule is N#Cc1cc2c(nc1SCC(=O)Nc1cccc3ncccc13)CCCCCC2. The van der Waals surface area contributed by atoms with Crippen molar-refractivity contribution in [3.05, 3.63) is 59.4 Å². The smallest absolute Gasteiger partial charge is 0.234 e. The van der Waals surface area contributed by atoms with Crippen LogP contribution < -0.4 is 5.32 Å². The van der Waals surface area contributed by atoms with Crippen LogP contribution in [0, 0.1) is 11.3 Å². The second kappa shape index (κ2) is 9.06. The van der Waals surface area contributed by atoms with Crippen molar-refractivity contribution in [2.45, 2.75) is 43.6 Å². The van der Waals surface area contributed by atoms with Crippen LogP contribution >= 0.6 is 11.8 Å². The number of amides is 1. The third-order valence-corrected chi connectivity index (χ3v) is 6.14. The molecular formula is C23H22N4OS. The predicted molar refractivity (Wildman–Crippen MR) is 116 cm³/mol. The average molecular weight is 403 g/mol. The standard InChI is InChI=1S/C23H22N4OS/c24-14-17-13-16-7-3-1-2-4-9-19(16)27-23(17)29-15-22(28)26-21-11-5-10-20-18(21)8-6-12-25-20/h5-6,8,10-13H,1-4,7,9,15H2,(H,26,28). The van der Waals surface area contributed by atoms with Crippen molar-refractivity contribution in [2.75, 3.05) is 11.1 Å². The second-order valence-corrected chi connectivity index (χ2v) is 8.15. The summed E-state index contributed by atoms with van der Waals surface area (Å²) in [5, 5.41) is 14.1. The first-order valence-corrected chi connectivity index (χ1v) is 10.9. The van der Waals surface area contributed by atoms with E-state index in [0.717, 1.165) is 48.0 Å². The Hall–Kier alpha value is -2.91. The molecule has 0 saturated carbocycles. The quantitative estimate of drug-likeness (QED) is 0.629. The number of anilines is 1. The Bertz CT molecular complexity index is 1080. The molecule has 0 fully saturated rings. The molecule has 6 heteroatoms. The molecule has 0 bridgehead atoms. The summed E-state index contributed by atoms with van der Waals surface area (Å²) in [4.78, 5) is 21.6. The van der Waals surface area contributed by atoms with Crippen molar-refractivity contribution in [2.24, 2.45) is 0 Å². The van der Waals surface area contributed by atoms with Gasteiger partial charge in [-0.15, -0.1) is 0 Å². The van der Waals surface area contributed by atoms with Gasteiger partial charge in [0.25, 0.3) is 0 Å². The fraction of sp³-hybridized carbons (Fsp3) is 0.304. The van der Waals surface area contributed by atoms with Crippen LogP contribution in [0.25, 0.3) is 10.9 Å². The molecule has 0 atom stereocenters. The Morgan fingerprint density at radius 1 is 1.14 bits per heavy atom. The highest BCUT2D eigenvalue weighted by atomic mass is 32.2. The maximum Gasteiger partial charge on any atom is 0.234 e. The van der Waals surface area contributed by atoms with E-state index in [0.29, 0.717) is 10.6 Å². The lowest BCUT2D eigenvalue weighted by atomic mass is 9.96. The summed E-state index contributed by atoms with van der Waals surface area (Å²) in [7, 11) is 0. The zero-order valence-corrected chi connectivity index (χ0v) is 17.0. The van der Waals surface area contributed by atoms with E-state index >= 15 is 0 Å². The van der Waals surface area contributed by atoms with Gasteiger partial charge >= 0.3 is 0 Å². The molecule has 5 nitrogen and oxygen atoms in total. The minimum absolute atomic E-state index is 0.121. The van der Waals surface area contributed by atoms with Crippen molar-refractivity contribution in [1.82, 2.24) is 9.97 Å². The van der Waals surface area contributed by atoms with Crippen LogP contribution in [-0.2, 0) is 17.6 Å².